The van der Waals surface area contributed by atoms with E-state index in [9.17, 15) is 21.6 Å². The first-order chi connectivity index (χ1) is 10.8. The van der Waals surface area contributed by atoms with E-state index in [1.807, 2.05) is 6.08 Å². The average Bonchev–Trinajstić information content (AvgIpc) is 2.53. The van der Waals surface area contributed by atoms with Crippen LogP contribution in [0.25, 0.3) is 0 Å². The quantitative estimate of drug-likeness (QED) is 0.708. The van der Waals surface area contributed by atoms with Gasteiger partial charge in [-0.2, -0.15) is 17.5 Å². The van der Waals surface area contributed by atoms with E-state index in [-0.39, 0.29) is 6.54 Å². The lowest BCUT2D eigenvalue weighted by molar-refractivity contribution is -0.0497. The highest BCUT2D eigenvalue weighted by Gasteiger charge is 2.53. The van der Waals surface area contributed by atoms with Crippen LogP contribution in [0.2, 0.25) is 0 Å². The first-order valence-corrected chi connectivity index (χ1v) is 9.74. The molecule has 7 heteroatoms. The van der Waals surface area contributed by atoms with E-state index < -0.39 is 21.6 Å². The summed E-state index contributed by atoms with van der Waals surface area (Å²) in [4.78, 5) is 0. The van der Waals surface area contributed by atoms with Crippen LogP contribution in [0.5, 0.6) is 0 Å². The molecule has 2 fully saturated rings. The molecule has 0 spiro atoms. The standard InChI is InChI=1S/C16H22F3NO2S/c17-16(18,19)23(21,22)20-11-14(12-6-2-1-3-7-12)10-13-8-4-5-9-15(13)20/h10,15H,1-9,11H2/t15-/m1/s1. The van der Waals surface area contributed by atoms with E-state index in [0.717, 1.165) is 66.0 Å². The molecule has 3 nitrogen and oxygen atoms in total. The van der Waals surface area contributed by atoms with E-state index in [1.54, 1.807) is 0 Å². The van der Waals surface area contributed by atoms with E-state index in [4.69, 9.17) is 0 Å². The number of rotatable bonds is 1. The lowest BCUT2D eigenvalue weighted by Gasteiger charge is -2.40. The minimum absolute atomic E-state index is 0.120. The monoisotopic (exact) mass is 349 g/mol. The molecule has 0 bridgehead atoms. The summed E-state index contributed by atoms with van der Waals surface area (Å²) in [6, 6.07) is -0.608. The van der Waals surface area contributed by atoms with Gasteiger partial charge in [-0.05, 0) is 50.5 Å². The average molecular weight is 349 g/mol. The highest BCUT2D eigenvalue weighted by Crippen LogP contribution is 2.40. The Bertz CT molecular complexity index is 626. The molecule has 1 aliphatic heterocycles. The molecule has 1 heterocycles. The van der Waals surface area contributed by atoms with Crippen molar-refractivity contribution in [3.8, 4) is 0 Å². The van der Waals surface area contributed by atoms with Crippen molar-refractivity contribution in [2.45, 2.75) is 69.3 Å². The summed E-state index contributed by atoms with van der Waals surface area (Å²) in [5.74, 6) is 0. The first kappa shape index (κ1) is 17.0. The Kier molecular flexibility index (Phi) is 4.62. The molecule has 0 aromatic heterocycles. The third-order valence-corrected chi connectivity index (χ3v) is 6.75. The van der Waals surface area contributed by atoms with Crippen LogP contribution in [0, 0.1) is 0 Å². The summed E-state index contributed by atoms with van der Waals surface area (Å²) < 4.78 is 64.0. The summed E-state index contributed by atoms with van der Waals surface area (Å²) in [7, 11) is -5.28. The number of alkyl halides is 3. The second-order valence-electron chi connectivity index (χ2n) is 6.67. The second-order valence-corrected chi connectivity index (χ2v) is 8.55. The Labute approximate surface area is 135 Å². The van der Waals surface area contributed by atoms with E-state index in [1.165, 1.54) is 0 Å². The Morgan fingerprint density at radius 3 is 2.30 bits per heavy atom. The van der Waals surface area contributed by atoms with Gasteiger partial charge in [-0.15, -0.1) is 0 Å². The smallest absolute Gasteiger partial charge is 0.203 e. The van der Waals surface area contributed by atoms with Crippen molar-refractivity contribution in [3.63, 3.8) is 0 Å². The zero-order valence-electron chi connectivity index (χ0n) is 13.0. The van der Waals surface area contributed by atoms with E-state index >= 15 is 0 Å². The molecule has 0 saturated heterocycles. The molecule has 3 aliphatic rings. The molecule has 0 unspecified atom stereocenters. The van der Waals surface area contributed by atoms with Gasteiger partial charge in [-0.3, -0.25) is 0 Å². The zero-order valence-corrected chi connectivity index (χ0v) is 13.8. The molecule has 23 heavy (non-hydrogen) atoms. The number of hydrogen-bond donors (Lipinski definition) is 0. The predicted molar refractivity (Wildman–Crippen MR) is 82.1 cm³/mol. The molecule has 130 valence electrons. The van der Waals surface area contributed by atoms with Gasteiger partial charge in [0, 0.05) is 12.6 Å². The van der Waals surface area contributed by atoms with Crippen molar-refractivity contribution in [1.82, 2.24) is 4.31 Å². The fourth-order valence-corrected chi connectivity index (χ4v) is 5.11. The van der Waals surface area contributed by atoms with Gasteiger partial charge in [-0.1, -0.05) is 30.1 Å². The maximum Gasteiger partial charge on any atom is 0.511 e. The van der Waals surface area contributed by atoms with Gasteiger partial charge in [-0.25, -0.2) is 8.42 Å². The van der Waals surface area contributed by atoms with Gasteiger partial charge in [0.05, 0.1) is 0 Å². The SMILES string of the molecule is O=S(=O)(N1CC(=C2CCCCC2)C=C2CCCC[C@H]21)C(F)(F)F. The molecule has 2 saturated carbocycles. The van der Waals surface area contributed by atoms with Gasteiger partial charge in [0.2, 0.25) is 0 Å². The van der Waals surface area contributed by atoms with Crippen LogP contribution < -0.4 is 0 Å². The molecule has 0 N–H and O–H groups in total. The Morgan fingerprint density at radius 2 is 1.65 bits per heavy atom. The van der Waals surface area contributed by atoms with E-state index in [2.05, 4.69) is 0 Å². The van der Waals surface area contributed by atoms with Crippen LogP contribution >= 0.6 is 0 Å². The molecule has 0 aromatic carbocycles. The van der Waals surface area contributed by atoms with Crippen LogP contribution in [-0.4, -0.2) is 30.8 Å². The second kappa shape index (κ2) is 6.24. The van der Waals surface area contributed by atoms with Crippen molar-refractivity contribution in [3.05, 3.63) is 22.8 Å². The van der Waals surface area contributed by atoms with Gasteiger partial charge in [0.25, 0.3) is 0 Å². The van der Waals surface area contributed by atoms with Crippen LogP contribution in [0.15, 0.2) is 22.8 Å². The topological polar surface area (TPSA) is 37.4 Å². The van der Waals surface area contributed by atoms with Crippen molar-refractivity contribution >= 4 is 10.0 Å². The van der Waals surface area contributed by atoms with Gasteiger partial charge < -0.3 is 0 Å². The van der Waals surface area contributed by atoms with E-state index in [0.29, 0.717) is 12.8 Å². The maximum absolute atomic E-state index is 13.1. The van der Waals surface area contributed by atoms with Crippen molar-refractivity contribution in [1.29, 1.82) is 0 Å². The lowest BCUT2D eigenvalue weighted by Crippen LogP contribution is -2.50. The summed E-state index contributed by atoms with van der Waals surface area (Å²) >= 11 is 0. The zero-order chi connectivity index (χ0) is 16.7. The maximum atomic E-state index is 13.1. The summed E-state index contributed by atoms with van der Waals surface area (Å²) in [5, 5.41) is 0. The molecule has 0 aromatic rings. The first-order valence-electron chi connectivity index (χ1n) is 8.30. The van der Waals surface area contributed by atoms with Crippen molar-refractivity contribution in [2.75, 3.05) is 6.54 Å². The van der Waals surface area contributed by atoms with Crippen molar-refractivity contribution < 1.29 is 21.6 Å². The highest BCUT2D eigenvalue weighted by molar-refractivity contribution is 7.90. The van der Waals surface area contributed by atoms with Gasteiger partial charge in [0.1, 0.15) is 0 Å². The van der Waals surface area contributed by atoms with Gasteiger partial charge in [0.15, 0.2) is 0 Å². The summed E-state index contributed by atoms with van der Waals surface area (Å²) in [5.41, 5.74) is -2.40. The van der Waals surface area contributed by atoms with Crippen LogP contribution in [-0.2, 0) is 10.0 Å². The number of fused-ring (bicyclic) bond motifs is 1. The Hall–Kier alpha value is -0.820. The predicted octanol–water partition coefficient (Wildman–Crippen LogP) is 4.28. The number of sulfonamides is 1. The Morgan fingerprint density at radius 1 is 1.00 bits per heavy atom. The largest absolute Gasteiger partial charge is 0.511 e. The third-order valence-electron chi connectivity index (χ3n) is 5.17. The molecular weight excluding hydrogens is 327 g/mol. The number of allylic oxidation sites excluding steroid dienone is 1. The van der Waals surface area contributed by atoms with Gasteiger partial charge >= 0.3 is 15.5 Å². The Balaban J connectivity index is 2.01. The normalized spacial score (nSPS) is 27.6. The lowest BCUT2D eigenvalue weighted by atomic mass is 9.83. The molecule has 1 atom stereocenters. The fourth-order valence-electron chi connectivity index (χ4n) is 3.96. The third kappa shape index (κ3) is 3.22. The number of nitrogens with zero attached hydrogens (tertiary/aromatic N) is 1. The number of halogens is 3. The minimum Gasteiger partial charge on any atom is -0.203 e. The van der Waals surface area contributed by atoms with Crippen molar-refractivity contribution in [2.24, 2.45) is 0 Å². The number of hydrogen-bond acceptors (Lipinski definition) is 2. The van der Waals surface area contributed by atoms with Crippen LogP contribution in [0.1, 0.15) is 57.8 Å². The summed E-state index contributed by atoms with van der Waals surface area (Å²) in [6.07, 6.45) is 9.87. The summed E-state index contributed by atoms with van der Waals surface area (Å²) in [6.45, 7) is -0.120. The molecule has 2 aliphatic carbocycles. The molecule has 0 amide bonds. The van der Waals surface area contributed by atoms with Crippen LogP contribution in [0.3, 0.4) is 0 Å². The minimum atomic E-state index is -5.28. The van der Waals surface area contributed by atoms with Crippen LogP contribution in [0.4, 0.5) is 13.2 Å². The molecular formula is C16H22F3NO2S. The molecule has 3 rings (SSSR count). The molecule has 0 radical (unpaired) electrons. The highest BCUT2D eigenvalue weighted by atomic mass is 32.2. The fraction of sp³-hybridized carbons (Fsp3) is 0.750.